The quantitative estimate of drug-likeness (QED) is 0.676. The van der Waals surface area contributed by atoms with Gasteiger partial charge in [-0.05, 0) is 43.4 Å². The van der Waals surface area contributed by atoms with Crippen molar-refractivity contribution in [3.63, 3.8) is 0 Å². The minimum atomic E-state index is 0.165. The van der Waals surface area contributed by atoms with Crippen molar-refractivity contribution < 1.29 is 9.84 Å². The van der Waals surface area contributed by atoms with Gasteiger partial charge in [-0.1, -0.05) is 6.07 Å². The van der Waals surface area contributed by atoms with E-state index in [1.807, 2.05) is 31.4 Å². The molecular formula is C23H26N6O2. The molecule has 0 aliphatic carbocycles. The van der Waals surface area contributed by atoms with Crippen molar-refractivity contribution in [1.82, 2.24) is 25.3 Å². The van der Waals surface area contributed by atoms with E-state index in [0.29, 0.717) is 36.0 Å². The lowest BCUT2D eigenvalue weighted by Crippen LogP contribution is -2.50. The van der Waals surface area contributed by atoms with Crippen LogP contribution in [0.4, 0.5) is 5.82 Å². The maximum Gasteiger partial charge on any atom is 0.194 e. The van der Waals surface area contributed by atoms with Crippen LogP contribution in [0.2, 0.25) is 0 Å². The van der Waals surface area contributed by atoms with E-state index >= 15 is 0 Å². The Morgan fingerprint density at radius 1 is 1.10 bits per heavy atom. The monoisotopic (exact) mass is 418 g/mol. The van der Waals surface area contributed by atoms with E-state index in [1.165, 1.54) is 12.8 Å². The second kappa shape index (κ2) is 7.23. The molecule has 0 unspecified atom stereocenters. The first-order valence-electron chi connectivity index (χ1n) is 11.0. The first kappa shape index (κ1) is 18.6. The SMILES string of the molecule is Cn1cc(-c2ccc(-c3cc4c(nn3)N([C@@H]3C[C@H]5CC[C@@H](C3)N5)CCO4)c(O)c2)cn1. The molecule has 2 saturated heterocycles. The van der Waals surface area contributed by atoms with Crippen molar-refractivity contribution in [3.8, 4) is 33.9 Å². The summed E-state index contributed by atoms with van der Waals surface area (Å²) < 4.78 is 7.70. The molecule has 0 saturated carbocycles. The molecule has 3 aliphatic rings. The third-order valence-corrected chi connectivity index (χ3v) is 6.80. The number of benzene rings is 1. The highest BCUT2D eigenvalue weighted by atomic mass is 16.5. The first-order chi connectivity index (χ1) is 15.1. The number of aromatic nitrogens is 4. The molecule has 31 heavy (non-hydrogen) atoms. The molecule has 2 bridgehead atoms. The van der Waals surface area contributed by atoms with Crippen LogP contribution in [0.3, 0.4) is 0 Å². The van der Waals surface area contributed by atoms with Gasteiger partial charge in [0.05, 0.1) is 12.7 Å². The first-order valence-corrected chi connectivity index (χ1v) is 11.0. The largest absolute Gasteiger partial charge is 0.507 e. The van der Waals surface area contributed by atoms with E-state index in [-0.39, 0.29) is 5.75 Å². The predicted molar refractivity (Wildman–Crippen MR) is 117 cm³/mol. The topological polar surface area (TPSA) is 88.3 Å². The smallest absolute Gasteiger partial charge is 0.194 e. The summed E-state index contributed by atoms with van der Waals surface area (Å²) in [7, 11) is 1.87. The number of hydrogen-bond donors (Lipinski definition) is 2. The summed E-state index contributed by atoms with van der Waals surface area (Å²) in [5.74, 6) is 1.74. The maximum atomic E-state index is 10.7. The maximum absolute atomic E-state index is 10.7. The molecule has 6 rings (SSSR count). The minimum Gasteiger partial charge on any atom is -0.507 e. The highest BCUT2D eigenvalue weighted by Gasteiger charge is 2.38. The fourth-order valence-corrected chi connectivity index (χ4v) is 5.30. The minimum absolute atomic E-state index is 0.165. The van der Waals surface area contributed by atoms with E-state index in [0.717, 1.165) is 42.1 Å². The number of phenols is 1. The standard InChI is InChI=1S/C23H26N6O2/c1-28-13-15(12-24-28)14-2-5-19(21(30)8-14)20-11-22-23(27-26-20)29(6-7-31-22)18-9-16-3-4-17(10-18)25-16/h2,5,8,11-13,16-18,25,30H,3-4,6-7,9-10H2,1H3/t16-,17+,18-. The molecule has 3 aliphatic heterocycles. The van der Waals surface area contributed by atoms with E-state index in [9.17, 15) is 5.11 Å². The van der Waals surface area contributed by atoms with Crippen LogP contribution in [0.15, 0.2) is 36.7 Å². The van der Waals surface area contributed by atoms with Gasteiger partial charge in [-0.3, -0.25) is 4.68 Å². The number of fused-ring (bicyclic) bond motifs is 3. The summed E-state index contributed by atoms with van der Waals surface area (Å²) in [6.07, 6.45) is 8.55. The third kappa shape index (κ3) is 3.31. The molecule has 3 aromatic rings. The molecule has 3 atom stereocenters. The number of nitrogens with one attached hydrogen (secondary N) is 1. The Hall–Kier alpha value is -3.13. The normalized spacial score (nSPS) is 24.7. The summed E-state index contributed by atoms with van der Waals surface area (Å²) in [6, 6.07) is 9.21. The van der Waals surface area contributed by atoms with Crippen molar-refractivity contribution in [3.05, 3.63) is 36.7 Å². The highest BCUT2D eigenvalue weighted by molar-refractivity contribution is 5.75. The lowest BCUT2D eigenvalue weighted by atomic mass is 9.97. The molecule has 5 heterocycles. The Bertz CT molecular complexity index is 1120. The van der Waals surface area contributed by atoms with Crippen molar-refractivity contribution >= 4 is 5.82 Å². The van der Waals surface area contributed by atoms with Gasteiger partial charge >= 0.3 is 0 Å². The van der Waals surface area contributed by atoms with Crippen LogP contribution < -0.4 is 15.0 Å². The lowest BCUT2D eigenvalue weighted by Gasteiger charge is -2.40. The summed E-state index contributed by atoms with van der Waals surface area (Å²) in [6.45, 7) is 1.49. The summed E-state index contributed by atoms with van der Waals surface area (Å²) in [4.78, 5) is 2.38. The van der Waals surface area contributed by atoms with Crippen molar-refractivity contribution in [2.45, 2.75) is 43.8 Å². The van der Waals surface area contributed by atoms with Crippen molar-refractivity contribution in [2.75, 3.05) is 18.1 Å². The number of rotatable bonds is 3. The zero-order valence-corrected chi connectivity index (χ0v) is 17.5. The molecule has 1 aromatic carbocycles. The molecule has 160 valence electrons. The number of hydrogen-bond acceptors (Lipinski definition) is 7. The van der Waals surface area contributed by atoms with Crippen LogP contribution in [0, 0.1) is 0 Å². The fraction of sp³-hybridized carbons (Fsp3) is 0.435. The molecule has 8 nitrogen and oxygen atoms in total. The number of nitrogens with zero attached hydrogens (tertiary/aromatic N) is 5. The summed E-state index contributed by atoms with van der Waals surface area (Å²) in [5.41, 5.74) is 3.11. The lowest BCUT2D eigenvalue weighted by molar-refractivity contribution is 0.274. The highest BCUT2D eigenvalue weighted by Crippen LogP contribution is 2.39. The number of anilines is 1. The number of aryl methyl sites for hydroxylation is 1. The Morgan fingerprint density at radius 3 is 2.68 bits per heavy atom. The zero-order chi connectivity index (χ0) is 20.9. The average Bonchev–Trinajstić information content (AvgIpc) is 3.37. The van der Waals surface area contributed by atoms with E-state index in [4.69, 9.17) is 4.74 Å². The van der Waals surface area contributed by atoms with Gasteiger partial charge in [0.1, 0.15) is 18.1 Å². The van der Waals surface area contributed by atoms with E-state index in [1.54, 1.807) is 16.9 Å². The van der Waals surface area contributed by atoms with Crippen molar-refractivity contribution in [1.29, 1.82) is 0 Å². The van der Waals surface area contributed by atoms with Gasteiger partial charge in [-0.2, -0.15) is 5.10 Å². The Balaban J connectivity index is 1.29. The van der Waals surface area contributed by atoms with Crippen molar-refractivity contribution in [2.24, 2.45) is 7.05 Å². The summed E-state index contributed by atoms with van der Waals surface area (Å²) in [5, 5.41) is 27.6. The number of phenolic OH excluding ortho intramolecular Hbond substituents is 1. The van der Waals surface area contributed by atoms with Crippen LogP contribution >= 0.6 is 0 Å². The number of aromatic hydroxyl groups is 1. The van der Waals surface area contributed by atoms with Gasteiger partial charge in [-0.25, -0.2) is 0 Å². The van der Waals surface area contributed by atoms with Gasteiger partial charge in [0.2, 0.25) is 0 Å². The summed E-state index contributed by atoms with van der Waals surface area (Å²) >= 11 is 0. The molecule has 8 heteroatoms. The van der Waals surface area contributed by atoms with Gasteiger partial charge in [0.15, 0.2) is 11.6 Å². The van der Waals surface area contributed by atoms with Crippen LogP contribution in [-0.2, 0) is 7.05 Å². The van der Waals surface area contributed by atoms with E-state index < -0.39 is 0 Å². The number of piperidine rings is 1. The van der Waals surface area contributed by atoms with Gasteiger partial charge in [-0.15, -0.1) is 10.2 Å². The molecule has 2 aromatic heterocycles. The van der Waals surface area contributed by atoms with E-state index in [2.05, 4.69) is 25.5 Å². The molecule has 0 radical (unpaired) electrons. The average molecular weight is 419 g/mol. The Labute approximate surface area is 180 Å². The fourth-order valence-electron chi connectivity index (χ4n) is 5.30. The predicted octanol–water partition coefficient (Wildman–Crippen LogP) is 2.73. The van der Waals surface area contributed by atoms with Crippen LogP contribution in [0.1, 0.15) is 25.7 Å². The van der Waals surface area contributed by atoms with Gasteiger partial charge < -0.3 is 20.1 Å². The van der Waals surface area contributed by atoms with Crippen LogP contribution in [0.5, 0.6) is 11.5 Å². The Kier molecular flexibility index (Phi) is 4.34. The molecule has 2 N–H and O–H groups in total. The molecular weight excluding hydrogens is 392 g/mol. The molecule has 0 spiro atoms. The molecule has 2 fully saturated rings. The third-order valence-electron chi connectivity index (χ3n) is 6.80. The van der Waals surface area contributed by atoms with Gasteiger partial charge in [0.25, 0.3) is 0 Å². The second-order valence-electron chi connectivity index (χ2n) is 8.86. The van der Waals surface area contributed by atoms with Crippen LogP contribution in [0.25, 0.3) is 22.4 Å². The van der Waals surface area contributed by atoms with Gasteiger partial charge in [0, 0.05) is 48.6 Å². The Morgan fingerprint density at radius 2 is 1.94 bits per heavy atom. The van der Waals surface area contributed by atoms with Crippen LogP contribution in [-0.4, -0.2) is 56.4 Å². The zero-order valence-electron chi connectivity index (χ0n) is 17.5. The second-order valence-corrected chi connectivity index (χ2v) is 8.86. The molecule has 0 amide bonds. The number of ether oxygens (including phenoxy) is 1.